The summed E-state index contributed by atoms with van der Waals surface area (Å²) < 4.78 is 0.860. The molecule has 0 amide bonds. The van der Waals surface area contributed by atoms with Crippen molar-refractivity contribution in [2.24, 2.45) is 0 Å². The molecular formula is C13H9BrCl2O. The van der Waals surface area contributed by atoms with Crippen LogP contribution in [-0.2, 0) is 0 Å². The number of halogens is 3. The van der Waals surface area contributed by atoms with Crippen LogP contribution in [0.1, 0.15) is 17.2 Å². The Morgan fingerprint density at radius 1 is 1.00 bits per heavy atom. The highest BCUT2D eigenvalue weighted by Gasteiger charge is 2.14. The minimum absolute atomic E-state index is 0.440. The van der Waals surface area contributed by atoms with Crippen LogP contribution in [0.3, 0.4) is 0 Å². The zero-order valence-corrected chi connectivity index (χ0v) is 11.8. The number of benzene rings is 2. The van der Waals surface area contributed by atoms with Crippen LogP contribution in [0.25, 0.3) is 0 Å². The fourth-order valence-corrected chi connectivity index (χ4v) is 2.37. The quantitative estimate of drug-likeness (QED) is 0.835. The van der Waals surface area contributed by atoms with E-state index in [2.05, 4.69) is 15.9 Å². The van der Waals surface area contributed by atoms with Gasteiger partial charge in [-0.05, 0) is 29.3 Å². The van der Waals surface area contributed by atoms with Gasteiger partial charge in [0.05, 0.1) is 10.0 Å². The molecule has 4 heteroatoms. The zero-order valence-electron chi connectivity index (χ0n) is 8.70. The van der Waals surface area contributed by atoms with Gasteiger partial charge in [0.1, 0.15) is 6.10 Å². The highest BCUT2D eigenvalue weighted by atomic mass is 79.9. The predicted octanol–water partition coefficient (Wildman–Crippen LogP) is 4.84. The fourth-order valence-electron chi connectivity index (χ4n) is 1.56. The van der Waals surface area contributed by atoms with Crippen LogP contribution in [0.2, 0.25) is 10.0 Å². The Bertz CT molecular complexity index is 543. The summed E-state index contributed by atoms with van der Waals surface area (Å²) in [6, 6.07) is 12.6. The number of rotatable bonds is 2. The van der Waals surface area contributed by atoms with Crippen molar-refractivity contribution in [2.75, 3.05) is 0 Å². The largest absolute Gasteiger partial charge is 0.384 e. The first-order chi connectivity index (χ1) is 8.09. The molecule has 0 saturated heterocycles. The van der Waals surface area contributed by atoms with Gasteiger partial charge in [-0.1, -0.05) is 63.4 Å². The first-order valence-electron chi connectivity index (χ1n) is 4.97. The summed E-state index contributed by atoms with van der Waals surface area (Å²) in [6.45, 7) is 0. The van der Waals surface area contributed by atoms with Gasteiger partial charge in [-0.2, -0.15) is 0 Å². The van der Waals surface area contributed by atoms with E-state index in [4.69, 9.17) is 23.2 Å². The summed E-state index contributed by atoms with van der Waals surface area (Å²) in [5.74, 6) is 0. The molecule has 2 aromatic carbocycles. The maximum Gasteiger partial charge on any atom is 0.105 e. The third-order valence-corrected chi connectivity index (χ3v) is 3.92. The van der Waals surface area contributed by atoms with E-state index < -0.39 is 6.10 Å². The van der Waals surface area contributed by atoms with Gasteiger partial charge in [0.2, 0.25) is 0 Å². The topological polar surface area (TPSA) is 20.2 Å². The molecule has 0 aliphatic carbocycles. The Balaban J connectivity index is 2.40. The lowest BCUT2D eigenvalue weighted by atomic mass is 10.0. The minimum Gasteiger partial charge on any atom is -0.384 e. The molecule has 0 aromatic heterocycles. The maximum absolute atomic E-state index is 10.3. The molecule has 2 rings (SSSR count). The molecule has 0 saturated carbocycles. The normalized spacial score (nSPS) is 12.5. The predicted molar refractivity (Wildman–Crippen MR) is 74.7 cm³/mol. The Morgan fingerprint density at radius 3 is 2.35 bits per heavy atom. The summed E-state index contributed by atoms with van der Waals surface area (Å²) in [5.41, 5.74) is 1.51. The van der Waals surface area contributed by atoms with Gasteiger partial charge in [0.15, 0.2) is 0 Å². The second kappa shape index (κ2) is 5.40. The molecule has 1 atom stereocenters. The maximum atomic E-state index is 10.3. The molecule has 2 aromatic rings. The molecule has 0 aliphatic rings. The molecule has 0 heterocycles. The van der Waals surface area contributed by atoms with Crippen LogP contribution >= 0.6 is 39.1 Å². The SMILES string of the molecule is O[C@@H](c1ccc(Cl)c(Cl)c1)c1ccccc1Br. The number of aliphatic hydroxyl groups excluding tert-OH is 1. The Labute approximate surface area is 118 Å². The average Bonchev–Trinajstić information content (AvgIpc) is 2.32. The molecule has 0 fully saturated rings. The lowest BCUT2D eigenvalue weighted by Crippen LogP contribution is -2.00. The van der Waals surface area contributed by atoms with E-state index in [1.54, 1.807) is 18.2 Å². The molecule has 1 N–H and O–H groups in total. The Kier molecular flexibility index (Phi) is 4.10. The van der Waals surface area contributed by atoms with Crippen LogP contribution in [0.5, 0.6) is 0 Å². The monoisotopic (exact) mass is 330 g/mol. The number of hydrogen-bond donors (Lipinski definition) is 1. The van der Waals surface area contributed by atoms with E-state index >= 15 is 0 Å². The van der Waals surface area contributed by atoms with Gasteiger partial charge in [-0.15, -0.1) is 0 Å². The van der Waals surface area contributed by atoms with Gasteiger partial charge >= 0.3 is 0 Å². The summed E-state index contributed by atoms with van der Waals surface area (Å²) in [7, 11) is 0. The van der Waals surface area contributed by atoms with Gasteiger partial charge in [0, 0.05) is 4.47 Å². The molecule has 0 spiro atoms. The Morgan fingerprint density at radius 2 is 1.71 bits per heavy atom. The highest BCUT2D eigenvalue weighted by molar-refractivity contribution is 9.10. The van der Waals surface area contributed by atoms with Crippen molar-refractivity contribution in [3.05, 3.63) is 68.1 Å². The van der Waals surface area contributed by atoms with Crippen molar-refractivity contribution >= 4 is 39.1 Å². The summed E-state index contributed by atoms with van der Waals surface area (Å²) in [4.78, 5) is 0. The summed E-state index contributed by atoms with van der Waals surface area (Å²) >= 11 is 15.2. The third kappa shape index (κ3) is 2.83. The van der Waals surface area contributed by atoms with Crippen molar-refractivity contribution in [1.82, 2.24) is 0 Å². The second-order valence-corrected chi connectivity index (χ2v) is 5.27. The van der Waals surface area contributed by atoms with Crippen molar-refractivity contribution in [2.45, 2.75) is 6.10 Å². The van der Waals surface area contributed by atoms with Gasteiger partial charge in [0.25, 0.3) is 0 Å². The smallest absolute Gasteiger partial charge is 0.105 e. The van der Waals surface area contributed by atoms with Crippen molar-refractivity contribution in [3.8, 4) is 0 Å². The summed E-state index contributed by atoms with van der Waals surface area (Å²) in [5, 5.41) is 11.2. The van der Waals surface area contributed by atoms with E-state index in [-0.39, 0.29) is 0 Å². The zero-order chi connectivity index (χ0) is 12.4. The van der Waals surface area contributed by atoms with Crippen molar-refractivity contribution in [3.63, 3.8) is 0 Å². The average molecular weight is 332 g/mol. The van der Waals surface area contributed by atoms with Crippen LogP contribution in [0, 0.1) is 0 Å². The molecular weight excluding hydrogens is 323 g/mol. The van der Waals surface area contributed by atoms with Gasteiger partial charge in [-0.3, -0.25) is 0 Å². The summed E-state index contributed by atoms with van der Waals surface area (Å²) in [6.07, 6.45) is -0.722. The standard InChI is InChI=1S/C13H9BrCl2O/c14-10-4-2-1-3-9(10)13(17)8-5-6-11(15)12(16)7-8/h1-7,13,17H/t13-/m0/s1. The van der Waals surface area contributed by atoms with E-state index in [9.17, 15) is 5.11 Å². The number of hydrogen-bond acceptors (Lipinski definition) is 1. The molecule has 0 bridgehead atoms. The molecule has 0 radical (unpaired) electrons. The van der Waals surface area contributed by atoms with Gasteiger partial charge in [-0.25, -0.2) is 0 Å². The molecule has 0 aliphatic heterocycles. The first kappa shape index (κ1) is 12.9. The fraction of sp³-hybridized carbons (Fsp3) is 0.0769. The Hall–Kier alpha value is -0.540. The molecule has 88 valence electrons. The van der Waals surface area contributed by atoms with E-state index in [1.807, 2.05) is 24.3 Å². The van der Waals surface area contributed by atoms with Crippen molar-refractivity contribution in [1.29, 1.82) is 0 Å². The highest BCUT2D eigenvalue weighted by Crippen LogP contribution is 2.31. The third-order valence-electron chi connectivity index (χ3n) is 2.46. The lowest BCUT2D eigenvalue weighted by Gasteiger charge is -2.13. The van der Waals surface area contributed by atoms with Crippen LogP contribution < -0.4 is 0 Å². The second-order valence-electron chi connectivity index (χ2n) is 3.60. The molecule has 17 heavy (non-hydrogen) atoms. The van der Waals surface area contributed by atoms with Crippen LogP contribution in [0.15, 0.2) is 46.9 Å². The first-order valence-corrected chi connectivity index (χ1v) is 6.52. The number of aliphatic hydroxyl groups is 1. The molecule has 0 unspecified atom stereocenters. The van der Waals surface area contributed by atoms with E-state index in [1.165, 1.54) is 0 Å². The minimum atomic E-state index is -0.722. The van der Waals surface area contributed by atoms with E-state index in [0.717, 1.165) is 10.0 Å². The van der Waals surface area contributed by atoms with E-state index in [0.29, 0.717) is 15.6 Å². The van der Waals surface area contributed by atoms with Crippen molar-refractivity contribution < 1.29 is 5.11 Å². The lowest BCUT2D eigenvalue weighted by molar-refractivity contribution is 0.219. The molecule has 1 nitrogen and oxygen atoms in total. The van der Waals surface area contributed by atoms with Gasteiger partial charge < -0.3 is 5.11 Å². The van der Waals surface area contributed by atoms with Crippen LogP contribution in [0.4, 0.5) is 0 Å². The van der Waals surface area contributed by atoms with Crippen LogP contribution in [-0.4, -0.2) is 5.11 Å².